The van der Waals surface area contributed by atoms with Crippen LogP contribution >= 0.6 is 12.4 Å². The number of hydrogen-bond donors (Lipinski definition) is 3. The molecule has 0 fully saturated rings. The fourth-order valence-electron chi connectivity index (χ4n) is 3.24. The molecule has 1 amide bonds. The number of halogens is 1. The molecule has 5 N–H and O–H groups in total. The zero-order valence-electron chi connectivity index (χ0n) is 13.5. The lowest BCUT2D eigenvalue weighted by molar-refractivity contribution is 0.0999. The Bertz CT molecular complexity index is 840. The van der Waals surface area contributed by atoms with E-state index in [1.807, 2.05) is 18.2 Å². The predicted octanol–water partition coefficient (Wildman–Crippen LogP) is 2.32. The largest absolute Gasteiger partial charge is 0.381 e. The van der Waals surface area contributed by atoms with Crippen LogP contribution in [0.3, 0.4) is 0 Å². The molecule has 0 spiro atoms. The van der Waals surface area contributed by atoms with E-state index in [1.165, 1.54) is 5.56 Å². The van der Waals surface area contributed by atoms with Crippen molar-refractivity contribution in [3.05, 3.63) is 58.7 Å². The Hall–Kier alpha value is -2.37. The van der Waals surface area contributed by atoms with Crippen LogP contribution in [0.1, 0.15) is 40.9 Å². The molecule has 2 aromatic rings. The quantitative estimate of drug-likeness (QED) is 0.574. The van der Waals surface area contributed by atoms with Gasteiger partial charge in [0.05, 0.1) is 0 Å². The van der Waals surface area contributed by atoms with E-state index >= 15 is 0 Å². The number of nitrogens with two attached hydrogens (primary N) is 2. The molecule has 0 aromatic heterocycles. The fraction of sp³-hybridized carbons (Fsp3) is 0.222. The van der Waals surface area contributed by atoms with Gasteiger partial charge < -0.3 is 16.6 Å². The number of carbonyl (C=O) groups excluding carboxylic acids is 1. The van der Waals surface area contributed by atoms with Gasteiger partial charge in [-0.15, -0.1) is 12.4 Å². The number of aliphatic imine (C=N–C) groups is 1. The van der Waals surface area contributed by atoms with E-state index < -0.39 is 11.5 Å². The summed E-state index contributed by atoms with van der Waals surface area (Å²) < 4.78 is 0. The smallest absolute Gasteiger partial charge is 0.280 e. The number of carbonyl (C=O) groups is 1. The molecule has 0 saturated heterocycles. The molecule has 0 bridgehead atoms. The maximum Gasteiger partial charge on any atom is 0.280 e. The van der Waals surface area contributed by atoms with Gasteiger partial charge in [-0.05, 0) is 53.3 Å². The first-order valence-electron chi connectivity index (χ1n) is 7.50. The number of hydrogen-bond acceptors (Lipinski definition) is 2. The van der Waals surface area contributed by atoms with Gasteiger partial charge in [0, 0.05) is 5.56 Å². The van der Waals surface area contributed by atoms with Crippen LogP contribution in [-0.4, -0.2) is 17.0 Å². The topological polar surface area (TPSA) is 102 Å². The van der Waals surface area contributed by atoms with Crippen molar-refractivity contribution < 1.29 is 9.90 Å². The third-order valence-electron chi connectivity index (χ3n) is 4.35. The van der Waals surface area contributed by atoms with Crippen molar-refractivity contribution in [3.8, 4) is 11.1 Å². The monoisotopic (exact) mass is 345 g/mol. The molecule has 1 atom stereocenters. The second-order valence-corrected chi connectivity index (χ2v) is 5.87. The highest BCUT2D eigenvalue weighted by Crippen LogP contribution is 2.49. The molecular formula is C18H20ClN3O2. The molecule has 5 nitrogen and oxygen atoms in total. The summed E-state index contributed by atoms with van der Waals surface area (Å²) in [5, 5.41) is 11.0. The predicted molar refractivity (Wildman–Crippen MR) is 97.3 cm³/mol. The Morgan fingerprint density at radius 2 is 1.92 bits per heavy atom. The summed E-state index contributed by atoms with van der Waals surface area (Å²) in [6.07, 6.45) is 0.868. The second-order valence-electron chi connectivity index (χ2n) is 5.87. The molecule has 1 aliphatic rings. The summed E-state index contributed by atoms with van der Waals surface area (Å²) in [7, 11) is 0. The minimum atomic E-state index is -1.15. The highest BCUT2D eigenvalue weighted by Gasteiger charge is 2.38. The summed E-state index contributed by atoms with van der Waals surface area (Å²) in [6, 6.07) is 11.1. The summed E-state index contributed by atoms with van der Waals surface area (Å²) in [5.74, 6) is -0.797. The lowest BCUT2D eigenvalue weighted by Gasteiger charge is -2.20. The van der Waals surface area contributed by atoms with Gasteiger partial charge in [0.15, 0.2) is 5.96 Å². The van der Waals surface area contributed by atoms with Crippen molar-refractivity contribution in [1.82, 2.24) is 0 Å². The summed E-state index contributed by atoms with van der Waals surface area (Å²) >= 11 is 0. The number of benzene rings is 2. The molecule has 24 heavy (non-hydrogen) atoms. The Balaban J connectivity index is 0.00000208. The lowest BCUT2D eigenvalue weighted by Crippen LogP contribution is -2.24. The van der Waals surface area contributed by atoms with Crippen LogP contribution in [0.15, 0.2) is 41.4 Å². The van der Waals surface area contributed by atoms with Crippen molar-refractivity contribution in [2.45, 2.75) is 25.9 Å². The van der Waals surface area contributed by atoms with E-state index in [1.54, 1.807) is 19.1 Å². The number of amides is 1. The molecule has 0 aliphatic heterocycles. The number of aliphatic hydroxyl groups is 1. The van der Waals surface area contributed by atoms with Crippen LogP contribution in [0.5, 0.6) is 0 Å². The van der Waals surface area contributed by atoms with E-state index in [-0.39, 0.29) is 18.4 Å². The van der Waals surface area contributed by atoms with E-state index in [4.69, 9.17) is 11.5 Å². The zero-order chi connectivity index (χ0) is 16.8. The fourth-order valence-corrected chi connectivity index (χ4v) is 3.24. The molecule has 3 rings (SSSR count). The van der Waals surface area contributed by atoms with Gasteiger partial charge in [0.25, 0.3) is 5.91 Å². The van der Waals surface area contributed by atoms with Gasteiger partial charge >= 0.3 is 0 Å². The standard InChI is InChI=1S/C18H19N3O2.ClH/c1-3-10-5-4-6-13-15(10)12-8-7-11(16(22)21-17(19)20)9-14(12)18(13,2)23;/h4-9,23H,3H2,1-2H3,(H4,19,20,21,22);1H. The minimum absolute atomic E-state index is 0. The molecule has 126 valence electrons. The molecule has 6 heteroatoms. The normalized spacial score (nSPS) is 17.5. The second kappa shape index (κ2) is 6.26. The lowest BCUT2D eigenvalue weighted by atomic mass is 9.92. The first-order chi connectivity index (χ1) is 10.9. The molecule has 1 unspecified atom stereocenters. The SMILES string of the molecule is CCc1cccc2c1-c1ccc(C(=O)N=C(N)N)cc1C2(C)O.Cl. The molecule has 1 aliphatic carbocycles. The van der Waals surface area contributed by atoms with E-state index in [9.17, 15) is 9.90 Å². The van der Waals surface area contributed by atoms with Gasteiger partial charge in [-0.3, -0.25) is 4.79 Å². The van der Waals surface area contributed by atoms with Gasteiger partial charge in [0.2, 0.25) is 0 Å². The van der Waals surface area contributed by atoms with Crippen LogP contribution in [0, 0.1) is 0 Å². The van der Waals surface area contributed by atoms with Crippen LogP contribution in [0.4, 0.5) is 0 Å². The minimum Gasteiger partial charge on any atom is -0.381 e. The average Bonchev–Trinajstić information content (AvgIpc) is 2.75. The van der Waals surface area contributed by atoms with Gasteiger partial charge in [0.1, 0.15) is 5.60 Å². The van der Waals surface area contributed by atoms with E-state index in [2.05, 4.69) is 18.0 Å². The third-order valence-corrected chi connectivity index (χ3v) is 4.35. The van der Waals surface area contributed by atoms with Crippen LogP contribution < -0.4 is 11.5 Å². The van der Waals surface area contributed by atoms with Crippen LogP contribution in [0.2, 0.25) is 0 Å². The van der Waals surface area contributed by atoms with Crippen molar-refractivity contribution in [2.24, 2.45) is 16.5 Å². The Kier molecular flexibility index (Phi) is 4.69. The van der Waals surface area contributed by atoms with Crippen molar-refractivity contribution in [3.63, 3.8) is 0 Å². The molecule has 2 aromatic carbocycles. The Labute approximate surface area is 146 Å². The van der Waals surface area contributed by atoms with Gasteiger partial charge in [-0.25, -0.2) is 0 Å². The van der Waals surface area contributed by atoms with Crippen molar-refractivity contribution in [2.75, 3.05) is 0 Å². The molecule has 0 saturated carbocycles. The highest BCUT2D eigenvalue weighted by molar-refractivity contribution is 6.02. The van der Waals surface area contributed by atoms with Crippen LogP contribution in [-0.2, 0) is 12.0 Å². The van der Waals surface area contributed by atoms with Crippen molar-refractivity contribution >= 4 is 24.3 Å². The van der Waals surface area contributed by atoms with Gasteiger partial charge in [-0.1, -0.05) is 31.2 Å². The first-order valence-corrected chi connectivity index (χ1v) is 7.50. The number of fused-ring (bicyclic) bond motifs is 3. The Morgan fingerprint density at radius 1 is 1.21 bits per heavy atom. The zero-order valence-corrected chi connectivity index (χ0v) is 14.4. The van der Waals surface area contributed by atoms with Crippen LogP contribution in [0.25, 0.3) is 11.1 Å². The first kappa shape index (κ1) is 18.0. The summed E-state index contributed by atoms with van der Waals surface area (Å²) in [4.78, 5) is 15.6. The summed E-state index contributed by atoms with van der Waals surface area (Å²) in [5.41, 5.74) is 14.5. The van der Waals surface area contributed by atoms with Gasteiger partial charge in [-0.2, -0.15) is 4.99 Å². The maximum atomic E-state index is 12.0. The van der Waals surface area contributed by atoms with Crippen molar-refractivity contribution in [1.29, 1.82) is 0 Å². The highest BCUT2D eigenvalue weighted by atomic mass is 35.5. The number of aryl methyl sites for hydroxylation is 1. The molecular weight excluding hydrogens is 326 g/mol. The maximum absolute atomic E-state index is 12.0. The Morgan fingerprint density at radius 3 is 2.54 bits per heavy atom. The number of guanidine groups is 1. The van der Waals surface area contributed by atoms with E-state index in [0.717, 1.165) is 23.1 Å². The summed E-state index contributed by atoms with van der Waals surface area (Å²) in [6.45, 7) is 3.82. The molecule has 0 heterocycles. The van der Waals surface area contributed by atoms with E-state index in [0.29, 0.717) is 11.1 Å². The molecule has 0 radical (unpaired) electrons. The number of nitrogens with zero attached hydrogens (tertiary/aromatic N) is 1. The average molecular weight is 346 g/mol. The number of rotatable bonds is 2. The third kappa shape index (κ3) is 2.66.